The number of hydrogen-bond acceptors (Lipinski definition) is 17. The van der Waals surface area contributed by atoms with Crippen molar-refractivity contribution in [2.24, 2.45) is 0 Å². The summed E-state index contributed by atoms with van der Waals surface area (Å²) in [7, 11) is 0. The van der Waals surface area contributed by atoms with Crippen molar-refractivity contribution in [2.45, 2.75) is 99.0 Å². The van der Waals surface area contributed by atoms with Gasteiger partial charge in [-0.2, -0.15) is 0 Å². The quantitative estimate of drug-likeness (QED) is 0.137. The molecule has 0 aromatic carbocycles. The zero-order valence-corrected chi connectivity index (χ0v) is 20.1. The standard InChI is InChI=1S/C18H32O16.C2H4O2/c19-1-4-7(22)8(23)12(27)17(31-4)34-15-6(3-21)32-18(13(28)10(15)25)33-14-5(2-20)30-16(29)11(26)9(14)24;1-2(3)4/h4-29H,1-3H2;1H3,(H,3,4)/t4-,5-,6-,7-,8+,9-,10-,11-,12-,13-,14-,15-,16?,17+,18+;/m1./s1. The predicted molar refractivity (Wildman–Crippen MR) is 115 cm³/mol. The molecular weight excluding hydrogens is 528 g/mol. The van der Waals surface area contributed by atoms with Gasteiger partial charge in [0.1, 0.15) is 73.2 Å². The van der Waals surface area contributed by atoms with Crippen LogP contribution in [0, 0.1) is 0 Å². The fraction of sp³-hybridized carbons (Fsp3) is 0.950. The molecule has 38 heavy (non-hydrogen) atoms. The second-order valence-corrected chi connectivity index (χ2v) is 8.85. The van der Waals surface area contributed by atoms with Gasteiger partial charge in [-0.15, -0.1) is 0 Å². The molecule has 3 rings (SSSR count). The van der Waals surface area contributed by atoms with Crippen LogP contribution < -0.4 is 0 Å². The van der Waals surface area contributed by atoms with Crippen LogP contribution in [0.2, 0.25) is 0 Å². The number of carboxylic acids is 1. The normalized spacial score (nSPS) is 47.6. The smallest absolute Gasteiger partial charge is 0.300 e. The van der Waals surface area contributed by atoms with Gasteiger partial charge in [0.2, 0.25) is 0 Å². The molecule has 0 radical (unpaired) electrons. The van der Waals surface area contributed by atoms with Crippen molar-refractivity contribution in [3.63, 3.8) is 0 Å². The molecule has 3 aliphatic heterocycles. The molecule has 0 amide bonds. The van der Waals surface area contributed by atoms with E-state index in [0.717, 1.165) is 6.92 Å². The SMILES string of the molecule is CC(=O)O.OC[C@H]1O[C@@H](O[C@H]2[C@H](O)[C@@H](O)[C@H](O[C@H]3[C@H](O)[C@@H](O)C(O)O[C@@H]3CO)O[C@@H]2CO)[C@H](O)[C@@H](O)[C@@H]1O. The fourth-order valence-electron chi connectivity index (χ4n) is 4.06. The van der Waals surface area contributed by atoms with Gasteiger partial charge < -0.3 is 85.0 Å². The van der Waals surface area contributed by atoms with Crippen LogP contribution >= 0.6 is 0 Å². The minimum atomic E-state index is -1.91. The molecule has 3 aliphatic rings. The number of carboxylic acid groups (broad SMARTS) is 1. The summed E-state index contributed by atoms with van der Waals surface area (Å²) in [5.41, 5.74) is 0. The highest BCUT2D eigenvalue weighted by Gasteiger charge is 2.53. The maximum absolute atomic E-state index is 10.6. The first-order chi connectivity index (χ1) is 17.8. The Morgan fingerprint density at radius 1 is 0.579 bits per heavy atom. The van der Waals surface area contributed by atoms with Crippen LogP contribution in [0.4, 0.5) is 0 Å². The number of carbonyl (C=O) groups is 1. The second-order valence-electron chi connectivity index (χ2n) is 8.85. The average molecular weight is 564 g/mol. The van der Waals surface area contributed by atoms with Crippen LogP contribution in [-0.4, -0.2) is 179 Å². The molecule has 15 atom stereocenters. The van der Waals surface area contributed by atoms with E-state index in [1.165, 1.54) is 0 Å². The molecular formula is C20H36O18. The third-order valence-corrected chi connectivity index (χ3v) is 6.09. The average Bonchev–Trinajstić information content (AvgIpc) is 2.87. The summed E-state index contributed by atoms with van der Waals surface area (Å²) < 4.78 is 26.4. The topological polar surface area (TPSA) is 306 Å². The Kier molecular flexibility index (Phi) is 12.6. The molecule has 18 nitrogen and oxygen atoms in total. The van der Waals surface area contributed by atoms with Gasteiger partial charge in [0.15, 0.2) is 18.9 Å². The van der Waals surface area contributed by atoms with E-state index in [1.807, 2.05) is 0 Å². The molecule has 3 saturated heterocycles. The Labute approximate surface area is 215 Å². The van der Waals surface area contributed by atoms with Gasteiger partial charge in [-0.3, -0.25) is 4.79 Å². The predicted octanol–water partition coefficient (Wildman–Crippen LogP) is -7.48. The highest BCUT2D eigenvalue weighted by molar-refractivity contribution is 5.62. The molecule has 1 unspecified atom stereocenters. The van der Waals surface area contributed by atoms with Crippen molar-refractivity contribution in [3.05, 3.63) is 0 Å². The highest BCUT2D eigenvalue weighted by Crippen LogP contribution is 2.32. The van der Waals surface area contributed by atoms with Gasteiger partial charge in [0.25, 0.3) is 5.97 Å². The van der Waals surface area contributed by atoms with E-state index in [0.29, 0.717) is 0 Å². The van der Waals surface area contributed by atoms with Gasteiger partial charge >= 0.3 is 0 Å². The Balaban J connectivity index is 0.00000118. The molecule has 224 valence electrons. The van der Waals surface area contributed by atoms with Crippen LogP contribution in [0.25, 0.3) is 0 Å². The van der Waals surface area contributed by atoms with Gasteiger partial charge in [-0.05, 0) is 0 Å². The van der Waals surface area contributed by atoms with E-state index in [4.69, 9.17) is 33.6 Å². The van der Waals surface area contributed by atoms with Crippen LogP contribution in [-0.2, 0) is 28.5 Å². The maximum Gasteiger partial charge on any atom is 0.300 e. The monoisotopic (exact) mass is 564 g/mol. The van der Waals surface area contributed by atoms with Crippen molar-refractivity contribution in [1.29, 1.82) is 0 Å². The minimum absolute atomic E-state index is 0.741. The summed E-state index contributed by atoms with van der Waals surface area (Å²) in [6.07, 6.45) is -25.1. The maximum atomic E-state index is 10.6. The number of aliphatic hydroxyl groups is 11. The summed E-state index contributed by atoms with van der Waals surface area (Å²) in [4.78, 5) is 9.00. The van der Waals surface area contributed by atoms with Crippen LogP contribution in [0.5, 0.6) is 0 Å². The first-order valence-electron chi connectivity index (χ1n) is 11.5. The molecule has 0 aliphatic carbocycles. The molecule has 0 saturated carbocycles. The van der Waals surface area contributed by atoms with E-state index >= 15 is 0 Å². The molecule has 0 aromatic rings. The lowest BCUT2D eigenvalue weighted by molar-refractivity contribution is -0.377. The van der Waals surface area contributed by atoms with Crippen molar-refractivity contribution in [3.8, 4) is 0 Å². The number of aliphatic carboxylic acids is 1. The summed E-state index contributed by atoms with van der Waals surface area (Å²) in [6.45, 7) is -1.24. The lowest BCUT2D eigenvalue weighted by Gasteiger charge is -2.47. The first-order valence-corrected chi connectivity index (χ1v) is 11.5. The second kappa shape index (κ2) is 14.5. The van der Waals surface area contributed by atoms with Crippen molar-refractivity contribution < 1.29 is 89.8 Å². The fourth-order valence-corrected chi connectivity index (χ4v) is 4.06. The third-order valence-electron chi connectivity index (χ3n) is 6.09. The molecule has 18 heteroatoms. The number of ether oxygens (including phenoxy) is 5. The van der Waals surface area contributed by atoms with Crippen molar-refractivity contribution in [2.75, 3.05) is 19.8 Å². The van der Waals surface area contributed by atoms with E-state index in [1.54, 1.807) is 0 Å². The summed E-state index contributed by atoms with van der Waals surface area (Å²) in [6, 6.07) is 0. The van der Waals surface area contributed by atoms with Gasteiger partial charge in [0.05, 0.1) is 19.8 Å². The number of hydrogen-bond donors (Lipinski definition) is 12. The van der Waals surface area contributed by atoms with E-state index in [-0.39, 0.29) is 0 Å². The highest BCUT2D eigenvalue weighted by atomic mass is 16.8. The Bertz CT molecular complexity index is 718. The molecule has 3 fully saturated rings. The van der Waals surface area contributed by atoms with Gasteiger partial charge in [-0.1, -0.05) is 0 Å². The van der Waals surface area contributed by atoms with Crippen LogP contribution in [0.15, 0.2) is 0 Å². The molecule has 12 N–H and O–H groups in total. The summed E-state index contributed by atoms with van der Waals surface area (Å²) >= 11 is 0. The zero-order chi connectivity index (χ0) is 28.9. The van der Waals surface area contributed by atoms with Gasteiger partial charge in [0, 0.05) is 6.92 Å². The van der Waals surface area contributed by atoms with E-state index < -0.39 is 118 Å². The van der Waals surface area contributed by atoms with Crippen molar-refractivity contribution in [1.82, 2.24) is 0 Å². The Morgan fingerprint density at radius 3 is 1.39 bits per heavy atom. The largest absolute Gasteiger partial charge is 0.481 e. The Hall–Kier alpha value is -1.17. The summed E-state index contributed by atoms with van der Waals surface area (Å²) in [5.74, 6) is -0.833. The number of rotatable bonds is 7. The van der Waals surface area contributed by atoms with E-state index in [9.17, 15) is 56.2 Å². The molecule has 0 spiro atoms. The minimum Gasteiger partial charge on any atom is -0.481 e. The molecule has 0 aromatic heterocycles. The van der Waals surface area contributed by atoms with Crippen molar-refractivity contribution >= 4 is 5.97 Å². The number of aliphatic hydroxyl groups excluding tert-OH is 11. The third kappa shape index (κ3) is 7.52. The van der Waals surface area contributed by atoms with E-state index in [2.05, 4.69) is 0 Å². The lowest BCUT2D eigenvalue weighted by atomic mass is 9.96. The van der Waals surface area contributed by atoms with Crippen LogP contribution in [0.3, 0.4) is 0 Å². The molecule has 3 heterocycles. The zero-order valence-electron chi connectivity index (χ0n) is 20.1. The Morgan fingerprint density at radius 2 is 0.947 bits per heavy atom. The summed E-state index contributed by atoms with van der Waals surface area (Å²) in [5, 5.41) is 116. The van der Waals surface area contributed by atoms with Gasteiger partial charge in [-0.25, -0.2) is 0 Å². The van der Waals surface area contributed by atoms with Crippen LogP contribution in [0.1, 0.15) is 6.92 Å². The lowest BCUT2D eigenvalue weighted by Crippen LogP contribution is -2.66. The first kappa shape index (κ1) is 33.0. The molecule has 0 bridgehead atoms.